The number of alkyl halides is 1. The molecule has 20 heavy (non-hydrogen) atoms. The Morgan fingerprint density at radius 3 is 2.15 bits per heavy atom. The lowest BCUT2D eigenvalue weighted by Gasteiger charge is -2.27. The van der Waals surface area contributed by atoms with Crippen LogP contribution in [0.15, 0.2) is 0 Å². The molecule has 0 aromatic heterocycles. The van der Waals surface area contributed by atoms with Crippen molar-refractivity contribution in [2.24, 2.45) is 0 Å². The van der Waals surface area contributed by atoms with Gasteiger partial charge in [0.15, 0.2) is 0 Å². The molecule has 0 saturated heterocycles. The number of hydrogen-bond acceptors (Lipinski definition) is 6. The van der Waals surface area contributed by atoms with Crippen molar-refractivity contribution in [1.29, 1.82) is 0 Å². The Labute approximate surface area is 128 Å². The molecule has 0 aliphatic rings. The summed E-state index contributed by atoms with van der Waals surface area (Å²) in [4.78, 5) is 22.8. The van der Waals surface area contributed by atoms with Gasteiger partial charge in [-0.1, -0.05) is 15.9 Å². The predicted molar refractivity (Wildman–Crippen MR) is 76.4 cm³/mol. The van der Waals surface area contributed by atoms with Crippen LogP contribution in [0.25, 0.3) is 0 Å². The van der Waals surface area contributed by atoms with Gasteiger partial charge in [0.25, 0.3) is 7.82 Å². The van der Waals surface area contributed by atoms with Gasteiger partial charge in [0.1, 0.15) is 24.1 Å². The number of likely N-dealkylation sites (N-methyl/N-ethyl adjacent to an activating group) is 1. The van der Waals surface area contributed by atoms with Crippen LogP contribution < -0.4 is 4.89 Å². The Balaban J connectivity index is 3.89. The van der Waals surface area contributed by atoms with E-state index in [-0.39, 0.29) is 19.8 Å². The fraction of sp³-hybridized carbons (Fsp3) is 0.909. The van der Waals surface area contributed by atoms with Gasteiger partial charge >= 0.3 is 5.97 Å². The molecule has 0 bridgehead atoms. The number of hydrogen-bond donors (Lipinski definition) is 0. The molecular formula is C11H23BrNO6P. The molecule has 0 heterocycles. The number of phosphoric acid groups is 1. The van der Waals surface area contributed by atoms with Crippen LogP contribution in [0.5, 0.6) is 0 Å². The molecule has 0 saturated carbocycles. The topological polar surface area (TPSA) is 84.9 Å². The smallest absolute Gasteiger partial charge is 0.322 e. The Morgan fingerprint density at radius 1 is 1.20 bits per heavy atom. The summed E-state index contributed by atoms with van der Waals surface area (Å²) in [7, 11) is 1.41. The highest BCUT2D eigenvalue weighted by molar-refractivity contribution is 9.10. The quantitative estimate of drug-likeness (QED) is 0.196. The Bertz CT molecular complexity index is 363. The second-order valence-electron chi connectivity index (χ2n) is 5.74. The summed E-state index contributed by atoms with van der Waals surface area (Å²) in [6, 6.07) is 0. The van der Waals surface area contributed by atoms with Crippen molar-refractivity contribution in [2.75, 3.05) is 47.5 Å². The normalized spacial score (nSPS) is 15.8. The van der Waals surface area contributed by atoms with Gasteiger partial charge in [0.2, 0.25) is 0 Å². The van der Waals surface area contributed by atoms with E-state index in [9.17, 15) is 14.3 Å². The average Bonchev–Trinajstić information content (AvgIpc) is 2.20. The van der Waals surface area contributed by atoms with E-state index in [1.165, 1.54) is 0 Å². The maximum atomic E-state index is 11.4. The Kier molecular flexibility index (Phi) is 7.87. The van der Waals surface area contributed by atoms with Crippen molar-refractivity contribution in [3.8, 4) is 0 Å². The molecule has 0 radical (unpaired) electrons. The Morgan fingerprint density at radius 2 is 1.70 bits per heavy atom. The minimum atomic E-state index is -4.34. The fourth-order valence-electron chi connectivity index (χ4n) is 0.919. The average molecular weight is 376 g/mol. The summed E-state index contributed by atoms with van der Waals surface area (Å²) in [6.45, 7) is 3.41. The zero-order valence-corrected chi connectivity index (χ0v) is 15.0. The largest absolute Gasteiger partial charge is 0.756 e. The van der Waals surface area contributed by atoms with E-state index in [0.29, 0.717) is 11.0 Å². The summed E-state index contributed by atoms with van der Waals surface area (Å²) < 4.78 is 25.3. The SMILES string of the molecule is CC(C)(Br)C(=O)OCCOP(=O)([O-])OCC[N+](C)(C)C. The molecule has 9 heteroatoms. The standard InChI is InChI=1S/C11H23BrNO6P/c1-11(2,12)10(14)17-8-9-19-20(15,16)18-7-6-13(3,4)5/h6-9H2,1-5H3. The van der Waals surface area contributed by atoms with Crippen LogP contribution in [0, 0.1) is 0 Å². The van der Waals surface area contributed by atoms with Gasteiger partial charge in [-0.3, -0.25) is 9.36 Å². The molecule has 0 aliphatic heterocycles. The fourth-order valence-corrected chi connectivity index (χ4v) is 1.71. The first kappa shape index (κ1) is 20.0. The molecule has 0 aromatic rings. The summed E-state index contributed by atoms with van der Waals surface area (Å²) in [5.41, 5.74) is 0. The van der Waals surface area contributed by atoms with E-state index in [2.05, 4.69) is 20.5 Å². The van der Waals surface area contributed by atoms with E-state index in [1.807, 2.05) is 21.1 Å². The molecule has 0 amide bonds. The van der Waals surface area contributed by atoms with E-state index in [4.69, 9.17) is 9.26 Å². The molecule has 0 aliphatic carbocycles. The van der Waals surface area contributed by atoms with Gasteiger partial charge in [0.05, 0.1) is 27.7 Å². The first-order chi connectivity index (χ1) is 8.83. The zero-order chi connectivity index (χ0) is 16.0. The lowest BCUT2D eigenvalue weighted by Crippen LogP contribution is -2.37. The second kappa shape index (κ2) is 7.87. The van der Waals surface area contributed by atoms with Crippen LogP contribution in [-0.2, 0) is 23.1 Å². The highest BCUT2D eigenvalue weighted by Gasteiger charge is 2.25. The lowest BCUT2D eigenvalue weighted by atomic mass is 10.2. The zero-order valence-electron chi connectivity index (χ0n) is 12.6. The number of carbonyl (C=O) groups is 1. The molecule has 120 valence electrons. The molecule has 1 unspecified atom stereocenters. The lowest BCUT2D eigenvalue weighted by molar-refractivity contribution is -0.870. The summed E-state index contributed by atoms with van der Waals surface area (Å²) >= 11 is 3.13. The third-order valence-corrected chi connectivity index (χ3v) is 3.38. The van der Waals surface area contributed by atoms with Gasteiger partial charge in [-0.25, -0.2) is 0 Å². The monoisotopic (exact) mass is 375 g/mol. The second-order valence-corrected chi connectivity index (χ2v) is 9.13. The minimum Gasteiger partial charge on any atom is -0.756 e. The molecule has 0 spiro atoms. The molecule has 0 rings (SSSR count). The number of carbonyl (C=O) groups excluding carboxylic acids is 1. The van der Waals surface area contributed by atoms with Crippen LogP contribution in [0.3, 0.4) is 0 Å². The molecule has 7 nitrogen and oxygen atoms in total. The van der Waals surface area contributed by atoms with Gasteiger partial charge in [-0.2, -0.15) is 0 Å². The summed E-state index contributed by atoms with van der Waals surface area (Å²) in [5.74, 6) is -0.493. The first-order valence-electron chi connectivity index (χ1n) is 6.10. The van der Waals surface area contributed by atoms with Gasteiger partial charge in [-0.05, 0) is 13.8 Å². The van der Waals surface area contributed by atoms with Crippen LogP contribution in [0.4, 0.5) is 0 Å². The Hall–Kier alpha value is 0.0200. The van der Waals surface area contributed by atoms with Gasteiger partial charge in [0, 0.05) is 0 Å². The van der Waals surface area contributed by atoms with Crippen molar-refractivity contribution in [2.45, 2.75) is 18.2 Å². The number of halogens is 1. The summed E-state index contributed by atoms with van der Waals surface area (Å²) in [6.07, 6.45) is 0. The van der Waals surface area contributed by atoms with Crippen molar-refractivity contribution in [3.05, 3.63) is 0 Å². The van der Waals surface area contributed by atoms with Crippen molar-refractivity contribution in [3.63, 3.8) is 0 Å². The molecular weight excluding hydrogens is 353 g/mol. The van der Waals surface area contributed by atoms with Crippen molar-refractivity contribution in [1.82, 2.24) is 0 Å². The highest BCUT2D eigenvalue weighted by atomic mass is 79.9. The van der Waals surface area contributed by atoms with Crippen LogP contribution in [0.2, 0.25) is 0 Å². The maximum absolute atomic E-state index is 11.4. The third kappa shape index (κ3) is 10.8. The van der Waals surface area contributed by atoms with E-state index in [1.54, 1.807) is 13.8 Å². The van der Waals surface area contributed by atoms with E-state index >= 15 is 0 Å². The molecule has 0 N–H and O–H groups in total. The first-order valence-corrected chi connectivity index (χ1v) is 8.36. The van der Waals surface area contributed by atoms with Gasteiger partial charge < -0.3 is 23.2 Å². The number of ether oxygens (including phenoxy) is 1. The molecule has 0 aromatic carbocycles. The van der Waals surface area contributed by atoms with Crippen LogP contribution >= 0.6 is 23.8 Å². The summed E-state index contributed by atoms with van der Waals surface area (Å²) in [5, 5.41) is 0. The van der Waals surface area contributed by atoms with Crippen LogP contribution in [-0.4, -0.2) is 62.3 Å². The molecule has 0 fully saturated rings. The minimum absolute atomic E-state index is 0.0402. The van der Waals surface area contributed by atoms with Gasteiger partial charge in [-0.15, -0.1) is 0 Å². The number of nitrogens with zero attached hydrogens (tertiary/aromatic N) is 1. The number of esters is 1. The van der Waals surface area contributed by atoms with Crippen molar-refractivity contribution < 1.29 is 32.5 Å². The number of quaternary nitrogens is 1. The highest BCUT2D eigenvalue weighted by Crippen LogP contribution is 2.37. The predicted octanol–water partition coefficient (Wildman–Crippen LogP) is 0.911. The number of rotatable bonds is 9. The van der Waals surface area contributed by atoms with E-state index in [0.717, 1.165) is 0 Å². The van der Waals surface area contributed by atoms with Crippen molar-refractivity contribution >= 4 is 29.7 Å². The molecule has 1 atom stereocenters. The van der Waals surface area contributed by atoms with Crippen LogP contribution in [0.1, 0.15) is 13.8 Å². The van der Waals surface area contributed by atoms with E-state index < -0.39 is 18.1 Å². The number of phosphoric ester groups is 1. The maximum Gasteiger partial charge on any atom is 0.322 e. The third-order valence-electron chi connectivity index (χ3n) is 2.06.